The largest absolute Gasteiger partial charge is 0.451 e. The summed E-state index contributed by atoms with van der Waals surface area (Å²) in [6, 6.07) is 7.25. The number of benzene rings is 1. The smallest absolute Gasteiger partial charge is 0.181 e. The first-order chi connectivity index (χ1) is 6.42. The molecular weight excluding hydrogens is 166 g/mol. The lowest BCUT2D eigenvalue weighted by molar-refractivity contribution is 0.112. The van der Waals surface area contributed by atoms with Crippen LogP contribution in [-0.4, -0.2) is 11.3 Å². The third-order valence-corrected chi connectivity index (χ3v) is 1.80. The van der Waals surface area contributed by atoms with Crippen molar-refractivity contribution in [3.05, 3.63) is 42.5 Å². The summed E-state index contributed by atoms with van der Waals surface area (Å²) in [7, 11) is 0. The van der Waals surface area contributed by atoms with Gasteiger partial charge in [0.05, 0.1) is 0 Å². The van der Waals surface area contributed by atoms with Crippen LogP contribution in [0.4, 0.5) is 0 Å². The summed E-state index contributed by atoms with van der Waals surface area (Å²) >= 11 is 0. The van der Waals surface area contributed by atoms with Gasteiger partial charge in [-0.2, -0.15) is 0 Å². The molecule has 0 saturated carbocycles. The van der Waals surface area contributed by atoms with Crippen LogP contribution >= 0.6 is 0 Å². The molecule has 0 aliphatic carbocycles. The molecule has 2 rings (SSSR count). The van der Waals surface area contributed by atoms with Crippen LogP contribution in [0, 0.1) is 0 Å². The molecule has 0 fully saturated rings. The van der Waals surface area contributed by atoms with Crippen LogP contribution in [0.1, 0.15) is 10.4 Å². The van der Waals surface area contributed by atoms with Crippen LogP contribution in [0.2, 0.25) is 0 Å². The van der Waals surface area contributed by atoms with Gasteiger partial charge in [0.2, 0.25) is 0 Å². The molecule has 0 aliphatic heterocycles. The lowest BCUT2D eigenvalue weighted by Crippen LogP contribution is -1.85. The molecular formula is C10H7NO2. The number of hydrogen-bond acceptors (Lipinski definition) is 3. The van der Waals surface area contributed by atoms with Gasteiger partial charge in [-0.05, 0) is 0 Å². The second-order valence-corrected chi connectivity index (χ2v) is 2.58. The molecule has 0 radical (unpaired) electrons. The average molecular weight is 173 g/mol. The molecule has 0 unspecified atom stereocenters. The van der Waals surface area contributed by atoms with Crippen molar-refractivity contribution in [1.29, 1.82) is 0 Å². The first kappa shape index (κ1) is 7.73. The van der Waals surface area contributed by atoms with Crippen molar-refractivity contribution in [2.45, 2.75) is 0 Å². The van der Waals surface area contributed by atoms with E-state index in [1.54, 1.807) is 6.07 Å². The van der Waals surface area contributed by atoms with Crippen LogP contribution in [-0.2, 0) is 0 Å². The van der Waals surface area contributed by atoms with Gasteiger partial charge in [-0.1, -0.05) is 24.3 Å². The first-order valence-corrected chi connectivity index (χ1v) is 3.84. The fourth-order valence-electron chi connectivity index (χ4n) is 1.18. The summed E-state index contributed by atoms with van der Waals surface area (Å²) in [5.41, 5.74) is 2.10. The fraction of sp³-hybridized carbons (Fsp3) is 0. The second kappa shape index (κ2) is 3.23. The Morgan fingerprint density at radius 2 is 2.15 bits per heavy atom. The van der Waals surface area contributed by atoms with Crippen LogP contribution in [0.5, 0.6) is 0 Å². The fourth-order valence-corrected chi connectivity index (χ4v) is 1.18. The highest BCUT2D eigenvalue weighted by Crippen LogP contribution is 2.19. The summed E-state index contributed by atoms with van der Waals surface area (Å²) in [5.74, 6) is 0. The molecule has 0 bridgehead atoms. The number of rotatable bonds is 2. The highest BCUT2D eigenvalue weighted by molar-refractivity contribution is 5.86. The maximum Gasteiger partial charge on any atom is 0.181 e. The van der Waals surface area contributed by atoms with Gasteiger partial charge in [-0.3, -0.25) is 4.79 Å². The quantitative estimate of drug-likeness (QED) is 0.653. The molecule has 2 aromatic rings. The minimum atomic E-state index is 0.622. The zero-order valence-electron chi connectivity index (χ0n) is 6.81. The maximum absolute atomic E-state index is 10.7. The molecule has 1 heterocycles. The molecule has 3 heteroatoms. The number of aldehydes is 1. The lowest BCUT2D eigenvalue weighted by Gasteiger charge is -1.97. The maximum atomic E-state index is 10.7. The average Bonchev–Trinajstić information content (AvgIpc) is 2.70. The Morgan fingerprint density at radius 3 is 2.85 bits per heavy atom. The van der Waals surface area contributed by atoms with Crippen molar-refractivity contribution in [1.82, 2.24) is 4.98 Å². The zero-order chi connectivity index (χ0) is 9.10. The van der Waals surface area contributed by atoms with E-state index in [0.29, 0.717) is 11.3 Å². The summed E-state index contributed by atoms with van der Waals surface area (Å²) in [6.07, 6.45) is 3.67. The van der Waals surface area contributed by atoms with E-state index in [-0.39, 0.29) is 0 Å². The Balaban J connectivity index is 2.57. The molecule has 3 nitrogen and oxygen atoms in total. The van der Waals surface area contributed by atoms with Crippen molar-refractivity contribution < 1.29 is 9.21 Å². The van der Waals surface area contributed by atoms with Gasteiger partial charge in [0.1, 0.15) is 12.0 Å². The Morgan fingerprint density at radius 1 is 1.31 bits per heavy atom. The monoisotopic (exact) mass is 173 g/mol. The minimum Gasteiger partial charge on any atom is -0.451 e. The molecule has 0 spiro atoms. The predicted octanol–water partition coefficient (Wildman–Crippen LogP) is 2.15. The molecule has 0 saturated heterocycles. The van der Waals surface area contributed by atoms with E-state index in [1.165, 1.54) is 12.7 Å². The van der Waals surface area contributed by atoms with E-state index in [9.17, 15) is 4.79 Å². The summed E-state index contributed by atoms with van der Waals surface area (Å²) in [4.78, 5) is 14.6. The van der Waals surface area contributed by atoms with Crippen LogP contribution < -0.4 is 0 Å². The Labute approximate surface area is 75.0 Å². The van der Waals surface area contributed by atoms with Crippen LogP contribution in [0.3, 0.4) is 0 Å². The number of oxazole rings is 1. The topological polar surface area (TPSA) is 43.1 Å². The van der Waals surface area contributed by atoms with E-state index >= 15 is 0 Å². The third-order valence-electron chi connectivity index (χ3n) is 1.80. The number of carbonyl (C=O) groups excluding carboxylic acids is 1. The predicted molar refractivity (Wildman–Crippen MR) is 47.3 cm³/mol. The third kappa shape index (κ3) is 1.36. The molecule has 0 amide bonds. The molecule has 13 heavy (non-hydrogen) atoms. The summed E-state index contributed by atoms with van der Waals surface area (Å²) in [5, 5.41) is 0. The van der Waals surface area contributed by atoms with E-state index < -0.39 is 0 Å². The van der Waals surface area contributed by atoms with Gasteiger partial charge in [-0.15, -0.1) is 0 Å². The van der Waals surface area contributed by atoms with Crippen LogP contribution in [0.15, 0.2) is 41.3 Å². The first-order valence-electron chi connectivity index (χ1n) is 3.84. The molecule has 0 N–H and O–H groups in total. The Kier molecular flexibility index (Phi) is 1.92. The zero-order valence-corrected chi connectivity index (χ0v) is 6.81. The van der Waals surface area contributed by atoms with Gasteiger partial charge >= 0.3 is 0 Å². The summed E-state index contributed by atoms with van der Waals surface area (Å²) < 4.78 is 4.84. The van der Waals surface area contributed by atoms with Crippen molar-refractivity contribution in [2.24, 2.45) is 0 Å². The van der Waals surface area contributed by atoms with Crippen LogP contribution in [0.25, 0.3) is 11.3 Å². The minimum absolute atomic E-state index is 0.622. The number of nitrogens with zero attached hydrogens (tertiary/aromatic N) is 1. The van der Waals surface area contributed by atoms with Crippen molar-refractivity contribution in [3.8, 4) is 11.3 Å². The number of aromatic nitrogens is 1. The van der Waals surface area contributed by atoms with Gasteiger partial charge in [0, 0.05) is 11.1 Å². The van der Waals surface area contributed by atoms with Gasteiger partial charge in [0.25, 0.3) is 0 Å². The standard InChI is InChI=1S/C10H7NO2/c12-5-8-3-1-2-4-9(8)10-6-13-7-11-10/h1-7H. The Hall–Kier alpha value is -1.90. The summed E-state index contributed by atoms with van der Waals surface area (Å²) in [6.45, 7) is 0. The number of hydrogen-bond donors (Lipinski definition) is 0. The molecule has 1 aromatic carbocycles. The van der Waals surface area contributed by atoms with Crippen molar-refractivity contribution in [2.75, 3.05) is 0 Å². The lowest BCUT2D eigenvalue weighted by atomic mass is 10.1. The SMILES string of the molecule is O=Cc1ccccc1-c1cocn1. The molecule has 1 aromatic heterocycles. The van der Waals surface area contributed by atoms with Gasteiger partial charge in [0.15, 0.2) is 12.7 Å². The van der Waals surface area contributed by atoms with E-state index in [2.05, 4.69) is 4.98 Å². The normalized spacial score (nSPS) is 9.85. The van der Waals surface area contributed by atoms with Crippen molar-refractivity contribution >= 4 is 6.29 Å². The second-order valence-electron chi connectivity index (χ2n) is 2.58. The molecule has 0 atom stereocenters. The van der Waals surface area contributed by atoms with Gasteiger partial charge in [-0.25, -0.2) is 4.98 Å². The van der Waals surface area contributed by atoms with E-state index in [1.807, 2.05) is 18.2 Å². The molecule has 0 aliphatic rings. The number of carbonyl (C=O) groups is 1. The highest BCUT2D eigenvalue weighted by atomic mass is 16.3. The van der Waals surface area contributed by atoms with Gasteiger partial charge < -0.3 is 4.42 Å². The Bertz CT molecular complexity index is 407. The highest BCUT2D eigenvalue weighted by Gasteiger charge is 2.04. The molecule has 64 valence electrons. The van der Waals surface area contributed by atoms with Crippen molar-refractivity contribution in [3.63, 3.8) is 0 Å². The van der Waals surface area contributed by atoms with E-state index in [4.69, 9.17) is 4.42 Å². The van der Waals surface area contributed by atoms with E-state index in [0.717, 1.165) is 11.8 Å².